The van der Waals surface area contributed by atoms with Crippen LogP contribution in [0.25, 0.3) is 10.8 Å². The number of aromatic carboxylic acids is 1. The van der Waals surface area contributed by atoms with Gasteiger partial charge in [0, 0.05) is 18.4 Å². The number of amides is 1. The molecule has 23 heavy (non-hydrogen) atoms. The molecule has 4 nitrogen and oxygen atoms in total. The summed E-state index contributed by atoms with van der Waals surface area (Å²) >= 11 is 0. The van der Waals surface area contributed by atoms with E-state index in [9.17, 15) is 14.7 Å². The second-order valence-electron chi connectivity index (χ2n) is 7.26. The van der Waals surface area contributed by atoms with Crippen LogP contribution in [0.5, 0.6) is 0 Å². The van der Waals surface area contributed by atoms with Crippen molar-refractivity contribution in [3.8, 4) is 0 Å². The average Bonchev–Trinajstić information content (AvgIpc) is 2.88. The van der Waals surface area contributed by atoms with Crippen LogP contribution in [-0.4, -0.2) is 23.5 Å². The van der Waals surface area contributed by atoms with Gasteiger partial charge in [-0.3, -0.25) is 4.79 Å². The Hall–Kier alpha value is -2.36. The highest BCUT2D eigenvalue weighted by Gasteiger charge is 2.38. The molecule has 0 radical (unpaired) electrons. The Kier molecular flexibility index (Phi) is 3.63. The Morgan fingerprint density at radius 1 is 1.17 bits per heavy atom. The molecule has 0 bridgehead atoms. The number of nitrogens with zero attached hydrogens (tertiary/aromatic N) is 1. The summed E-state index contributed by atoms with van der Waals surface area (Å²) in [6, 6.07) is 10.8. The van der Waals surface area contributed by atoms with E-state index >= 15 is 0 Å². The lowest BCUT2D eigenvalue weighted by atomic mass is 9.80. The van der Waals surface area contributed by atoms with Crippen LogP contribution in [0.1, 0.15) is 37.6 Å². The third-order valence-electron chi connectivity index (χ3n) is 4.75. The van der Waals surface area contributed by atoms with Gasteiger partial charge in [0.1, 0.15) is 0 Å². The van der Waals surface area contributed by atoms with E-state index in [1.807, 2.05) is 24.3 Å². The Balaban J connectivity index is 2.14. The Morgan fingerprint density at radius 3 is 2.39 bits per heavy atom. The monoisotopic (exact) mass is 311 g/mol. The molecule has 2 aromatic carbocycles. The fourth-order valence-corrected chi connectivity index (χ4v) is 3.24. The van der Waals surface area contributed by atoms with Crippen LogP contribution in [-0.2, 0) is 4.79 Å². The Labute approximate surface area is 135 Å². The lowest BCUT2D eigenvalue weighted by Crippen LogP contribution is -2.27. The van der Waals surface area contributed by atoms with Crippen LogP contribution >= 0.6 is 0 Å². The summed E-state index contributed by atoms with van der Waals surface area (Å²) in [5.74, 6) is -0.637. The minimum Gasteiger partial charge on any atom is -0.478 e. The zero-order chi connectivity index (χ0) is 16.8. The summed E-state index contributed by atoms with van der Waals surface area (Å²) in [5.41, 5.74) is 0.993. The van der Waals surface area contributed by atoms with Crippen LogP contribution in [0, 0.1) is 11.3 Å². The van der Waals surface area contributed by atoms with Crippen molar-refractivity contribution in [2.45, 2.75) is 27.2 Å². The average molecular weight is 311 g/mol. The predicted molar refractivity (Wildman–Crippen MR) is 90.8 cm³/mol. The molecule has 0 aromatic heterocycles. The lowest BCUT2D eigenvalue weighted by molar-refractivity contribution is -0.117. The van der Waals surface area contributed by atoms with Crippen molar-refractivity contribution in [3.63, 3.8) is 0 Å². The molecule has 1 aliphatic heterocycles. The number of hydrogen-bond donors (Lipinski definition) is 1. The molecule has 0 spiro atoms. The number of anilines is 1. The van der Waals surface area contributed by atoms with Crippen molar-refractivity contribution in [3.05, 3.63) is 42.0 Å². The molecule has 3 rings (SSSR count). The highest BCUT2D eigenvalue weighted by Crippen LogP contribution is 2.39. The van der Waals surface area contributed by atoms with Gasteiger partial charge in [-0.2, -0.15) is 0 Å². The molecule has 1 fully saturated rings. The molecule has 1 unspecified atom stereocenters. The number of carboxylic acids is 1. The van der Waals surface area contributed by atoms with E-state index in [-0.39, 0.29) is 22.8 Å². The third-order valence-corrected chi connectivity index (χ3v) is 4.75. The van der Waals surface area contributed by atoms with E-state index in [1.54, 1.807) is 17.0 Å². The minimum absolute atomic E-state index is 0.0463. The highest BCUT2D eigenvalue weighted by molar-refractivity contribution is 6.13. The van der Waals surface area contributed by atoms with Crippen LogP contribution in [0.3, 0.4) is 0 Å². The maximum absolute atomic E-state index is 12.5. The summed E-state index contributed by atoms with van der Waals surface area (Å²) in [6.45, 7) is 7.05. The van der Waals surface area contributed by atoms with Crippen molar-refractivity contribution in [1.29, 1.82) is 0 Å². The van der Waals surface area contributed by atoms with E-state index < -0.39 is 5.97 Å². The maximum atomic E-state index is 12.5. The molecule has 1 N–H and O–H groups in total. The van der Waals surface area contributed by atoms with E-state index in [2.05, 4.69) is 20.8 Å². The molecule has 120 valence electrons. The normalized spacial score (nSPS) is 18.7. The number of carbonyl (C=O) groups excluding carboxylic acids is 1. The van der Waals surface area contributed by atoms with Gasteiger partial charge in [-0.25, -0.2) is 4.79 Å². The first kappa shape index (κ1) is 15.5. The first-order valence-electron chi connectivity index (χ1n) is 7.84. The third kappa shape index (κ3) is 2.69. The number of carboxylic acid groups (broad SMARTS) is 1. The lowest BCUT2D eigenvalue weighted by Gasteiger charge is -2.27. The summed E-state index contributed by atoms with van der Waals surface area (Å²) in [4.78, 5) is 25.9. The number of benzene rings is 2. The first-order valence-corrected chi connectivity index (χ1v) is 7.84. The molecule has 0 aliphatic carbocycles. The molecule has 1 aliphatic rings. The van der Waals surface area contributed by atoms with Gasteiger partial charge in [0.15, 0.2) is 0 Å². The topological polar surface area (TPSA) is 57.6 Å². The quantitative estimate of drug-likeness (QED) is 0.914. The van der Waals surface area contributed by atoms with E-state index in [0.29, 0.717) is 24.0 Å². The zero-order valence-electron chi connectivity index (χ0n) is 13.7. The van der Waals surface area contributed by atoms with E-state index in [1.165, 1.54) is 0 Å². The fraction of sp³-hybridized carbons (Fsp3) is 0.368. The maximum Gasteiger partial charge on any atom is 0.336 e. The second kappa shape index (κ2) is 5.37. The predicted octanol–water partition coefficient (Wildman–Crippen LogP) is 3.94. The molecule has 1 saturated heterocycles. The van der Waals surface area contributed by atoms with Crippen LogP contribution in [0.15, 0.2) is 36.4 Å². The van der Waals surface area contributed by atoms with Crippen molar-refractivity contribution in [1.82, 2.24) is 0 Å². The summed E-state index contributed by atoms with van der Waals surface area (Å²) in [5, 5.41) is 11.0. The molecule has 1 amide bonds. The largest absolute Gasteiger partial charge is 0.478 e. The highest BCUT2D eigenvalue weighted by atomic mass is 16.4. The van der Waals surface area contributed by atoms with Gasteiger partial charge in [-0.05, 0) is 28.9 Å². The van der Waals surface area contributed by atoms with Crippen molar-refractivity contribution in [2.24, 2.45) is 11.3 Å². The molecule has 4 heteroatoms. The van der Waals surface area contributed by atoms with Gasteiger partial charge in [0.25, 0.3) is 0 Å². The SMILES string of the molecule is CC(C)(C)C1CC(=O)N(c2cccc3cccc(C(=O)O)c23)C1. The van der Waals surface area contributed by atoms with E-state index in [4.69, 9.17) is 0 Å². The smallest absolute Gasteiger partial charge is 0.336 e. The number of fused-ring (bicyclic) bond motifs is 1. The molecule has 2 aromatic rings. The zero-order valence-corrected chi connectivity index (χ0v) is 13.7. The summed E-state index contributed by atoms with van der Waals surface area (Å²) < 4.78 is 0. The van der Waals surface area contributed by atoms with Gasteiger partial charge < -0.3 is 10.0 Å². The number of hydrogen-bond acceptors (Lipinski definition) is 2. The molecule has 1 atom stereocenters. The van der Waals surface area contributed by atoms with Gasteiger partial charge in [0.2, 0.25) is 5.91 Å². The fourth-order valence-electron chi connectivity index (χ4n) is 3.24. The number of rotatable bonds is 2. The molecular weight excluding hydrogens is 290 g/mol. The Morgan fingerprint density at radius 2 is 1.83 bits per heavy atom. The van der Waals surface area contributed by atoms with Crippen molar-refractivity contribution >= 4 is 28.3 Å². The first-order chi connectivity index (χ1) is 10.8. The summed E-state index contributed by atoms with van der Waals surface area (Å²) in [7, 11) is 0. The number of carbonyl (C=O) groups is 2. The summed E-state index contributed by atoms with van der Waals surface area (Å²) in [6.07, 6.45) is 0.509. The van der Waals surface area contributed by atoms with Crippen molar-refractivity contribution in [2.75, 3.05) is 11.4 Å². The Bertz CT molecular complexity index is 784. The van der Waals surface area contributed by atoms with Gasteiger partial charge in [-0.1, -0.05) is 45.0 Å². The van der Waals surface area contributed by atoms with Gasteiger partial charge >= 0.3 is 5.97 Å². The second-order valence-corrected chi connectivity index (χ2v) is 7.26. The van der Waals surface area contributed by atoms with Gasteiger partial charge in [-0.15, -0.1) is 0 Å². The van der Waals surface area contributed by atoms with Crippen LogP contribution in [0.4, 0.5) is 5.69 Å². The molecule has 0 saturated carbocycles. The van der Waals surface area contributed by atoms with E-state index in [0.717, 1.165) is 5.39 Å². The van der Waals surface area contributed by atoms with Gasteiger partial charge in [0.05, 0.1) is 11.3 Å². The van der Waals surface area contributed by atoms with Crippen molar-refractivity contribution < 1.29 is 14.7 Å². The minimum atomic E-state index is -0.970. The van der Waals surface area contributed by atoms with Crippen LogP contribution < -0.4 is 4.90 Å². The molecular formula is C19H21NO3. The van der Waals surface area contributed by atoms with Crippen LogP contribution in [0.2, 0.25) is 0 Å². The standard InChI is InChI=1S/C19H21NO3/c1-19(2,3)13-10-16(21)20(11-13)15-9-5-7-12-6-4-8-14(17(12)15)18(22)23/h4-9,13H,10-11H2,1-3H3,(H,22,23). The molecule has 1 heterocycles.